The van der Waals surface area contributed by atoms with Crippen molar-refractivity contribution >= 4 is 38.6 Å². The van der Waals surface area contributed by atoms with Crippen LogP contribution in [-0.2, 0) is 4.79 Å². The molecule has 0 unspecified atom stereocenters. The summed E-state index contributed by atoms with van der Waals surface area (Å²) in [5.74, 6) is -5.09. The summed E-state index contributed by atoms with van der Waals surface area (Å²) in [5.41, 5.74) is 0.345. The zero-order chi connectivity index (χ0) is 24.3. The molecule has 3 aliphatic heterocycles. The third kappa shape index (κ3) is 4.31. The second-order valence-electron chi connectivity index (χ2n) is 8.58. The Labute approximate surface area is 194 Å². The van der Waals surface area contributed by atoms with E-state index in [0.717, 1.165) is 11.3 Å². The van der Waals surface area contributed by atoms with Crippen molar-refractivity contribution in [3.63, 3.8) is 0 Å². The number of hydrogen-bond donors (Lipinski definition) is 3. The molecule has 1 aromatic carbocycles. The van der Waals surface area contributed by atoms with Gasteiger partial charge in [-0.3, -0.25) is 9.69 Å². The minimum Gasteiger partial charge on any atom is -0.395 e. The Bertz CT molecular complexity index is 1090. The van der Waals surface area contributed by atoms with Crippen LogP contribution < -0.4 is 25.4 Å². The van der Waals surface area contributed by atoms with E-state index in [1.54, 1.807) is 11.8 Å². The van der Waals surface area contributed by atoms with Crippen molar-refractivity contribution in [2.24, 2.45) is 11.8 Å². The third-order valence-corrected chi connectivity index (χ3v) is 7.33. The standard InChI is InChI=1S/C20H21F4N5O4S/c1-9(29-3-2-19(21,22)11(8-29)10-6-25-17(31)26-7-10)16(30)28-18-27-12-4-13-14(5-15(12)34-18)33-20(23,24)32-13/h4-5,9-11H,2-3,6-8H2,1H3,(H2,25,26,31)(H,27,28,30)/t9-,11-/m0/s1. The number of hydrogen-bond acceptors (Lipinski definition) is 7. The number of nitrogens with zero attached hydrogens (tertiary/aromatic N) is 2. The molecule has 34 heavy (non-hydrogen) atoms. The lowest BCUT2D eigenvalue weighted by Gasteiger charge is -2.44. The smallest absolute Gasteiger partial charge is 0.395 e. The molecule has 0 spiro atoms. The number of urea groups is 1. The zero-order valence-corrected chi connectivity index (χ0v) is 18.7. The van der Waals surface area contributed by atoms with E-state index in [9.17, 15) is 27.2 Å². The highest BCUT2D eigenvalue weighted by Gasteiger charge is 2.49. The summed E-state index contributed by atoms with van der Waals surface area (Å²) in [6.07, 6.45) is -4.13. The lowest BCUT2D eigenvalue weighted by Crippen LogP contribution is -2.59. The van der Waals surface area contributed by atoms with Crippen molar-refractivity contribution in [1.29, 1.82) is 0 Å². The summed E-state index contributed by atoms with van der Waals surface area (Å²) >= 11 is 1.07. The number of benzene rings is 1. The maximum absolute atomic E-state index is 14.7. The number of piperidine rings is 1. The van der Waals surface area contributed by atoms with E-state index in [-0.39, 0.29) is 48.8 Å². The summed E-state index contributed by atoms with van der Waals surface area (Å²) in [6, 6.07) is 1.56. The van der Waals surface area contributed by atoms with E-state index < -0.39 is 42.4 Å². The molecule has 14 heteroatoms. The first-order valence-corrected chi connectivity index (χ1v) is 11.5. The van der Waals surface area contributed by atoms with Crippen LogP contribution in [0.5, 0.6) is 11.5 Å². The van der Waals surface area contributed by atoms with Gasteiger partial charge in [0.05, 0.1) is 16.3 Å². The molecule has 3 aliphatic rings. The average molecular weight is 503 g/mol. The number of thiazole rings is 1. The van der Waals surface area contributed by atoms with E-state index >= 15 is 0 Å². The lowest BCUT2D eigenvalue weighted by molar-refractivity contribution is -0.286. The molecule has 0 radical (unpaired) electrons. The summed E-state index contributed by atoms with van der Waals surface area (Å²) in [7, 11) is 0. The minimum absolute atomic E-state index is 0.000736. The van der Waals surface area contributed by atoms with E-state index in [2.05, 4.69) is 30.4 Å². The monoisotopic (exact) mass is 503 g/mol. The van der Waals surface area contributed by atoms with Crippen LogP contribution in [0.3, 0.4) is 0 Å². The van der Waals surface area contributed by atoms with Crippen LogP contribution in [0.2, 0.25) is 0 Å². The van der Waals surface area contributed by atoms with Gasteiger partial charge in [-0.25, -0.2) is 18.6 Å². The first-order chi connectivity index (χ1) is 16.0. The Kier molecular flexibility index (Phi) is 5.47. The fourth-order valence-electron chi connectivity index (χ4n) is 4.47. The number of rotatable bonds is 4. The van der Waals surface area contributed by atoms with Crippen molar-refractivity contribution in [2.45, 2.75) is 31.6 Å². The summed E-state index contributed by atoms with van der Waals surface area (Å²) in [6.45, 7) is 1.97. The number of fused-ring (bicyclic) bond motifs is 2. The fraction of sp³-hybridized carbons (Fsp3) is 0.550. The molecular formula is C20H21F4N5O4S. The largest absolute Gasteiger partial charge is 0.586 e. The van der Waals surface area contributed by atoms with Crippen molar-refractivity contribution in [1.82, 2.24) is 20.5 Å². The van der Waals surface area contributed by atoms with Crippen LogP contribution in [0, 0.1) is 11.8 Å². The molecule has 2 atom stereocenters. The first kappa shape index (κ1) is 22.9. The second-order valence-corrected chi connectivity index (χ2v) is 9.61. The van der Waals surface area contributed by atoms with Gasteiger partial charge < -0.3 is 25.4 Å². The van der Waals surface area contributed by atoms with Crippen molar-refractivity contribution in [3.05, 3.63) is 12.1 Å². The Morgan fingerprint density at radius 1 is 1.24 bits per heavy atom. The number of anilines is 1. The highest BCUT2D eigenvalue weighted by Crippen LogP contribution is 2.45. The molecule has 9 nitrogen and oxygen atoms in total. The van der Waals surface area contributed by atoms with Crippen LogP contribution in [0.15, 0.2) is 12.1 Å². The van der Waals surface area contributed by atoms with Gasteiger partial charge in [-0.05, 0) is 6.92 Å². The van der Waals surface area contributed by atoms with Crippen LogP contribution in [0.25, 0.3) is 10.2 Å². The van der Waals surface area contributed by atoms with Gasteiger partial charge >= 0.3 is 12.3 Å². The molecule has 0 bridgehead atoms. The maximum atomic E-state index is 14.7. The van der Waals surface area contributed by atoms with Gasteiger partial charge in [0.1, 0.15) is 0 Å². The maximum Gasteiger partial charge on any atom is 0.586 e. The molecule has 5 rings (SSSR count). The summed E-state index contributed by atoms with van der Waals surface area (Å²) in [5, 5.41) is 8.02. The summed E-state index contributed by atoms with van der Waals surface area (Å²) in [4.78, 5) is 30.1. The predicted molar refractivity (Wildman–Crippen MR) is 113 cm³/mol. The lowest BCUT2D eigenvalue weighted by atomic mass is 9.81. The van der Waals surface area contributed by atoms with Gasteiger partial charge in [0.15, 0.2) is 16.6 Å². The fourth-order valence-corrected chi connectivity index (χ4v) is 5.35. The number of carbonyl (C=O) groups is 2. The van der Waals surface area contributed by atoms with Crippen LogP contribution in [-0.4, -0.2) is 66.3 Å². The number of likely N-dealkylation sites (tertiary alicyclic amines) is 1. The molecule has 3 amide bonds. The van der Waals surface area contributed by atoms with Gasteiger partial charge in [-0.2, -0.15) is 0 Å². The summed E-state index contributed by atoms with van der Waals surface area (Å²) < 4.78 is 65.1. The van der Waals surface area contributed by atoms with E-state index in [1.807, 2.05) is 0 Å². The molecule has 4 heterocycles. The minimum atomic E-state index is -3.74. The van der Waals surface area contributed by atoms with Gasteiger partial charge in [0, 0.05) is 56.6 Å². The highest BCUT2D eigenvalue weighted by atomic mass is 32.1. The van der Waals surface area contributed by atoms with Crippen molar-refractivity contribution in [2.75, 3.05) is 31.5 Å². The number of ether oxygens (including phenoxy) is 2. The number of amides is 3. The van der Waals surface area contributed by atoms with Crippen molar-refractivity contribution < 1.29 is 36.6 Å². The molecule has 2 aromatic rings. The quantitative estimate of drug-likeness (QED) is 0.555. The molecule has 2 fully saturated rings. The number of nitrogens with one attached hydrogen (secondary N) is 3. The normalized spacial score (nSPS) is 25.0. The molecule has 0 saturated carbocycles. The molecule has 0 aliphatic carbocycles. The van der Waals surface area contributed by atoms with Crippen LogP contribution in [0.4, 0.5) is 27.5 Å². The number of halogens is 4. The number of carbonyl (C=O) groups excluding carboxylic acids is 2. The molecule has 1 aromatic heterocycles. The first-order valence-electron chi connectivity index (χ1n) is 10.7. The third-order valence-electron chi connectivity index (χ3n) is 6.39. The van der Waals surface area contributed by atoms with Crippen LogP contribution >= 0.6 is 11.3 Å². The second kappa shape index (κ2) is 8.12. The van der Waals surface area contributed by atoms with Gasteiger partial charge in [0.2, 0.25) is 5.91 Å². The Balaban J connectivity index is 1.26. The van der Waals surface area contributed by atoms with Gasteiger partial charge in [-0.15, -0.1) is 8.78 Å². The number of aromatic nitrogens is 1. The topological polar surface area (TPSA) is 105 Å². The van der Waals surface area contributed by atoms with Gasteiger partial charge in [-0.1, -0.05) is 11.3 Å². The zero-order valence-electron chi connectivity index (χ0n) is 17.9. The predicted octanol–water partition coefficient (Wildman–Crippen LogP) is 2.83. The molecule has 3 N–H and O–H groups in total. The molecular weight excluding hydrogens is 482 g/mol. The Morgan fingerprint density at radius 3 is 2.62 bits per heavy atom. The molecule has 2 saturated heterocycles. The number of alkyl halides is 4. The van der Waals surface area contributed by atoms with Crippen molar-refractivity contribution in [3.8, 4) is 11.5 Å². The molecule has 184 valence electrons. The van der Waals surface area contributed by atoms with E-state index in [0.29, 0.717) is 10.2 Å². The SMILES string of the molecule is C[C@@H](C(=O)Nc1nc2cc3c(cc2s1)OC(F)(F)O3)N1CCC(F)(F)[C@H](C2CNC(=O)NC2)C1. The Morgan fingerprint density at radius 2 is 1.91 bits per heavy atom. The van der Waals surface area contributed by atoms with Gasteiger partial charge in [0.25, 0.3) is 5.92 Å². The van der Waals surface area contributed by atoms with Crippen LogP contribution in [0.1, 0.15) is 13.3 Å². The van der Waals surface area contributed by atoms with E-state index in [4.69, 9.17) is 0 Å². The Hall–Kier alpha value is -2.87. The van der Waals surface area contributed by atoms with E-state index in [1.165, 1.54) is 12.1 Å². The average Bonchev–Trinajstić information content (AvgIpc) is 3.28. The highest BCUT2D eigenvalue weighted by molar-refractivity contribution is 7.22.